The number of anilines is 1. The lowest BCUT2D eigenvalue weighted by Gasteiger charge is -2.24. The zero-order valence-electron chi connectivity index (χ0n) is 15.1. The first-order valence-corrected chi connectivity index (χ1v) is 9.80. The first kappa shape index (κ1) is 19.5. The van der Waals surface area contributed by atoms with E-state index in [9.17, 15) is 9.59 Å². The summed E-state index contributed by atoms with van der Waals surface area (Å²) in [7, 11) is 1.57. The van der Waals surface area contributed by atoms with Gasteiger partial charge in [-0.3, -0.25) is 9.59 Å². The number of nitrogens with zero attached hydrogens (tertiary/aromatic N) is 2. The molecule has 1 aliphatic rings. The van der Waals surface area contributed by atoms with E-state index in [1.54, 1.807) is 23.0 Å². The van der Waals surface area contributed by atoms with Crippen LogP contribution in [0.3, 0.4) is 0 Å². The summed E-state index contributed by atoms with van der Waals surface area (Å²) in [6, 6.07) is 11.1. The van der Waals surface area contributed by atoms with Crippen LogP contribution < -0.4 is 9.64 Å². The Kier molecular flexibility index (Phi) is 6.19. The summed E-state index contributed by atoms with van der Waals surface area (Å²) in [6.45, 7) is 4.97. The van der Waals surface area contributed by atoms with Gasteiger partial charge in [0.05, 0.1) is 29.6 Å². The Morgan fingerprint density at radius 3 is 2.85 bits per heavy atom. The monoisotopic (exact) mass is 404 g/mol. The second kappa shape index (κ2) is 8.59. The van der Waals surface area contributed by atoms with Crippen molar-refractivity contribution in [2.45, 2.75) is 13.0 Å². The molecular weight excluding hydrogens is 384 g/mol. The number of carbonyl (C=O) groups excluding carboxylic acids is 2. The molecule has 5 nitrogen and oxygen atoms in total. The highest BCUT2D eigenvalue weighted by Crippen LogP contribution is 2.33. The number of amides is 2. The minimum Gasteiger partial charge on any atom is -0.495 e. The van der Waals surface area contributed by atoms with E-state index in [0.717, 1.165) is 4.88 Å². The van der Waals surface area contributed by atoms with Crippen molar-refractivity contribution >= 4 is 40.4 Å². The van der Waals surface area contributed by atoms with Gasteiger partial charge in [-0.1, -0.05) is 29.8 Å². The number of halogens is 1. The van der Waals surface area contributed by atoms with E-state index < -0.39 is 5.92 Å². The highest BCUT2D eigenvalue weighted by Gasteiger charge is 2.38. The van der Waals surface area contributed by atoms with Crippen molar-refractivity contribution in [3.8, 4) is 5.75 Å². The maximum absolute atomic E-state index is 13.1. The smallest absolute Gasteiger partial charge is 0.228 e. The van der Waals surface area contributed by atoms with Crippen LogP contribution in [0.4, 0.5) is 5.69 Å². The van der Waals surface area contributed by atoms with Gasteiger partial charge >= 0.3 is 0 Å². The van der Waals surface area contributed by atoms with Gasteiger partial charge in [-0.25, -0.2) is 0 Å². The Hall–Kier alpha value is -2.31. The molecule has 1 saturated heterocycles. The summed E-state index contributed by atoms with van der Waals surface area (Å²) in [5.41, 5.74) is 0.695. The minimum absolute atomic E-state index is 0.0508. The van der Waals surface area contributed by atoms with Gasteiger partial charge in [0, 0.05) is 24.4 Å². The summed E-state index contributed by atoms with van der Waals surface area (Å²) < 4.78 is 6.04. The molecule has 0 saturated carbocycles. The first-order valence-electron chi connectivity index (χ1n) is 8.60. The molecule has 1 aliphatic heterocycles. The molecule has 27 heavy (non-hydrogen) atoms. The van der Waals surface area contributed by atoms with Crippen molar-refractivity contribution < 1.29 is 14.3 Å². The molecule has 1 unspecified atom stereocenters. The third kappa shape index (κ3) is 4.34. The molecule has 142 valence electrons. The van der Waals surface area contributed by atoms with E-state index in [0.29, 0.717) is 35.4 Å². The fourth-order valence-corrected chi connectivity index (χ4v) is 4.33. The van der Waals surface area contributed by atoms with Crippen LogP contribution in [-0.2, 0) is 16.1 Å². The van der Waals surface area contributed by atoms with E-state index >= 15 is 0 Å². The number of benzene rings is 1. The number of carbonyl (C=O) groups is 2. The van der Waals surface area contributed by atoms with Gasteiger partial charge in [0.1, 0.15) is 5.75 Å². The van der Waals surface area contributed by atoms with Crippen LogP contribution in [0.2, 0.25) is 4.34 Å². The van der Waals surface area contributed by atoms with Gasteiger partial charge in [0.25, 0.3) is 0 Å². The molecule has 0 N–H and O–H groups in total. The van der Waals surface area contributed by atoms with Gasteiger partial charge in [-0.2, -0.15) is 0 Å². The molecule has 0 aliphatic carbocycles. The van der Waals surface area contributed by atoms with Gasteiger partial charge in [-0.05, 0) is 24.3 Å². The molecule has 2 aromatic rings. The van der Waals surface area contributed by atoms with E-state index in [1.807, 2.05) is 36.4 Å². The summed E-state index contributed by atoms with van der Waals surface area (Å²) in [5.74, 6) is 0.105. The van der Waals surface area contributed by atoms with Crippen molar-refractivity contribution in [1.82, 2.24) is 4.90 Å². The second-order valence-corrected chi connectivity index (χ2v) is 8.09. The highest BCUT2D eigenvalue weighted by molar-refractivity contribution is 7.16. The van der Waals surface area contributed by atoms with Gasteiger partial charge < -0.3 is 14.5 Å². The Balaban J connectivity index is 1.75. The second-order valence-electron chi connectivity index (χ2n) is 6.29. The van der Waals surface area contributed by atoms with Crippen molar-refractivity contribution in [2.24, 2.45) is 5.92 Å². The molecule has 2 heterocycles. The average Bonchev–Trinajstić information content (AvgIpc) is 3.26. The maximum atomic E-state index is 13.1. The fraction of sp³-hybridized carbons (Fsp3) is 0.300. The van der Waals surface area contributed by atoms with Crippen LogP contribution >= 0.6 is 22.9 Å². The average molecular weight is 405 g/mol. The lowest BCUT2D eigenvalue weighted by Crippen LogP contribution is -2.37. The van der Waals surface area contributed by atoms with Gasteiger partial charge in [0.2, 0.25) is 11.8 Å². The van der Waals surface area contributed by atoms with Gasteiger partial charge in [-0.15, -0.1) is 17.9 Å². The summed E-state index contributed by atoms with van der Waals surface area (Å²) >= 11 is 7.44. The summed E-state index contributed by atoms with van der Waals surface area (Å²) in [6.07, 6.45) is 1.89. The van der Waals surface area contributed by atoms with Crippen LogP contribution in [0.15, 0.2) is 49.1 Å². The maximum Gasteiger partial charge on any atom is 0.228 e. The number of para-hydroxylation sites is 2. The fourth-order valence-electron chi connectivity index (χ4n) is 3.23. The number of hydrogen-bond acceptors (Lipinski definition) is 4. The van der Waals surface area contributed by atoms with E-state index in [4.69, 9.17) is 16.3 Å². The minimum atomic E-state index is -0.391. The molecule has 0 spiro atoms. The zero-order valence-corrected chi connectivity index (χ0v) is 16.6. The molecule has 1 aromatic carbocycles. The lowest BCUT2D eigenvalue weighted by molar-refractivity contribution is -0.135. The molecule has 7 heteroatoms. The van der Waals surface area contributed by atoms with Gasteiger partial charge in [0.15, 0.2) is 0 Å². The van der Waals surface area contributed by atoms with Crippen molar-refractivity contribution in [3.63, 3.8) is 0 Å². The number of methoxy groups -OCH3 is 1. The van der Waals surface area contributed by atoms with Crippen LogP contribution in [0.1, 0.15) is 11.3 Å². The van der Waals surface area contributed by atoms with Crippen LogP contribution in [0.5, 0.6) is 5.75 Å². The van der Waals surface area contributed by atoms with Crippen molar-refractivity contribution in [3.05, 3.63) is 58.3 Å². The van der Waals surface area contributed by atoms with Crippen LogP contribution in [0, 0.1) is 5.92 Å². The Labute approximate surface area is 167 Å². The Bertz CT molecular complexity index is 851. The predicted octanol–water partition coefficient (Wildman–Crippen LogP) is 3.98. The van der Waals surface area contributed by atoms with Crippen molar-refractivity contribution in [1.29, 1.82) is 0 Å². The summed E-state index contributed by atoms with van der Waals surface area (Å²) in [4.78, 5) is 30.0. The zero-order chi connectivity index (χ0) is 19.4. The predicted molar refractivity (Wildman–Crippen MR) is 108 cm³/mol. The molecular formula is C20H21ClN2O3S. The molecule has 0 radical (unpaired) electrons. The largest absolute Gasteiger partial charge is 0.495 e. The van der Waals surface area contributed by atoms with Crippen LogP contribution in [0.25, 0.3) is 0 Å². The highest BCUT2D eigenvalue weighted by atomic mass is 35.5. The first-order chi connectivity index (χ1) is 13.0. The molecule has 0 bridgehead atoms. The van der Waals surface area contributed by atoms with E-state index in [1.165, 1.54) is 11.3 Å². The third-order valence-electron chi connectivity index (χ3n) is 4.49. The molecule has 3 rings (SSSR count). The molecule has 1 aromatic heterocycles. The number of ether oxygens (including phenoxy) is 1. The molecule has 1 fully saturated rings. The Morgan fingerprint density at radius 1 is 1.41 bits per heavy atom. The number of thiophene rings is 1. The quantitative estimate of drug-likeness (QED) is 0.656. The van der Waals surface area contributed by atoms with E-state index in [-0.39, 0.29) is 18.2 Å². The SMILES string of the molecule is C=CCN(Cc1ccc(Cl)s1)C(=O)C1CC(=O)N(c2ccccc2OC)C1. The standard InChI is InChI=1S/C20H21ClN2O3S/c1-3-10-22(13-15-8-9-18(21)27-15)20(25)14-11-19(24)23(12-14)16-6-4-5-7-17(16)26-2/h3-9,14H,1,10-13H2,2H3. The van der Waals surface area contributed by atoms with E-state index in [2.05, 4.69) is 6.58 Å². The number of hydrogen-bond donors (Lipinski definition) is 0. The van der Waals surface area contributed by atoms with Crippen molar-refractivity contribution in [2.75, 3.05) is 25.1 Å². The normalized spacial score (nSPS) is 16.4. The lowest BCUT2D eigenvalue weighted by atomic mass is 10.1. The topological polar surface area (TPSA) is 49.9 Å². The Morgan fingerprint density at radius 2 is 2.19 bits per heavy atom. The number of rotatable bonds is 7. The summed E-state index contributed by atoms with van der Waals surface area (Å²) in [5, 5.41) is 0. The molecule has 1 atom stereocenters. The third-order valence-corrected chi connectivity index (χ3v) is 5.70. The molecule has 2 amide bonds. The van der Waals surface area contributed by atoms with Crippen LogP contribution in [-0.4, -0.2) is 36.9 Å².